The summed E-state index contributed by atoms with van der Waals surface area (Å²) in [6.07, 6.45) is 4.73. The van der Waals surface area contributed by atoms with E-state index in [1.165, 1.54) is 10.9 Å². The highest BCUT2D eigenvalue weighted by Crippen LogP contribution is 2.25. The zero-order chi connectivity index (χ0) is 17.3. The normalized spacial score (nSPS) is 13.1. The minimum Gasteiger partial charge on any atom is -0.336 e. The van der Waals surface area contributed by atoms with Crippen molar-refractivity contribution in [2.75, 3.05) is 0 Å². The summed E-state index contributed by atoms with van der Waals surface area (Å²) in [5, 5.41) is -0.157. The van der Waals surface area contributed by atoms with E-state index < -0.39 is 16.1 Å². The van der Waals surface area contributed by atoms with Crippen molar-refractivity contribution in [2.24, 2.45) is 14.1 Å². The number of aromatic nitrogens is 4. The summed E-state index contributed by atoms with van der Waals surface area (Å²) in [5.74, 6) is 0.567. The molecule has 1 N–H and O–H groups in total. The van der Waals surface area contributed by atoms with Gasteiger partial charge in [0.05, 0.1) is 6.33 Å². The molecule has 0 aliphatic rings. The van der Waals surface area contributed by atoms with Crippen molar-refractivity contribution in [1.29, 1.82) is 0 Å². The fourth-order valence-electron chi connectivity index (χ4n) is 2.36. The molecule has 0 aliphatic carbocycles. The molecule has 1 atom stereocenters. The molecule has 1 unspecified atom stereocenters. The molecule has 7 nitrogen and oxygen atoms in total. The first-order valence-electron chi connectivity index (χ1n) is 7.11. The first kappa shape index (κ1) is 16.7. The lowest BCUT2D eigenvalue weighted by atomic mass is 10.1. The van der Waals surface area contributed by atoms with Crippen LogP contribution in [-0.2, 0) is 24.1 Å². The van der Waals surface area contributed by atoms with Crippen LogP contribution < -0.4 is 4.72 Å². The number of halogens is 1. The monoisotopic (exact) mass is 365 g/mol. The van der Waals surface area contributed by atoms with Gasteiger partial charge in [0.2, 0.25) is 5.03 Å². The fourth-order valence-corrected chi connectivity index (χ4v) is 3.97. The summed E-state index contributed by atoms with van der Waals surface area (Å²) in [4.78, 5) is 8.17. The van der Waals surface area contributed by atoms with Crippen LogP contribution in [0.2, 0.25) is 5.15 Å². The van der Waals surface area contributed by atoms with Gasteiger partial charge < -0.3 is 9.13 Å². The molecule has 3 aromatic rings. The number of rotatable bonds is 5. The highest BCUT2D eigenvalue weighted by Gasteiger charge is 2.29. The summed E-state index contributed by atoms with van der Waals surface area (Å²) in [5.41, 5.74) is 0.766. The third kappa shape index (κ3) is 3.08. The molecular weight excluding hydrogens is 350 g/mol. The molecule has 0 amide bonds. The summed E-state index contributed by atoms with van der Waals surface area (Å²) in [7, 11) is -0.495. The Morgan fingerprint density at radius 1 is 1.12 bits per heavy atom. The Balaban J connectivity index is 2.05. The van der Waals surface area contributed by atoms with E-state index in [1.54, 1.807) is 31.1 Å². The predicted octanol–water partition coefficient (Wildman–Crippen LogP) is 1.87. The maximum absolute atomic E-state index is 12.7. The van der Waals surface area contributed by atoms with Crippen molar-refractivity contribution in [3.8, 4) is 0 Å². The molecule has 0 saturated heterocycles. The molecular formula is C15H16ClN5O2S. The van der Waals surface area contributed by atoms with Gasteiger partial charge in [0, 0.05) is 26.5 Å². The number of hydrogen-bond donors (Lipinski definition) is 1. The van der Waals surface area contributed by atoms with Crippen LogP contribution in [0.15, 0.2) is 54.1 Å². The van der Waals surface area contributed by atoms with Gasteiger partial charge in [-0.3, -0.25) is 0 Å². The number of imidazole rings is 2. The van der Waals surface area contributed by atoms with Crippen molar-refractivity contribution in [3.05, 3.63) is 65.6 Å². The van der Waals surface area contributed by atoms with E-state index >= 15 is 0 Å². The SMILES string of the molecule is Cn1ccnc1C(NS(=O)(=O)c1ncn(C)c1Cl)c1ccccc1. The van der Waals surface area contributed by atoms with Crippen molar-refractivity contribution >= 4 is 21.6 Å². The lowest BCUT2D eigenvalue weighted by Crippen LogP contribution is -2.31. The van der Waals surface area contributed by atoms with Crippen LogP contribution in [0.3, 0.4) is 0 Å². The minimum absolute atomic E-state index is 0.0501. The molecule has 0 saturated carbocycles. The standard InChI is InChI=1S/C15H16ClN5O2S/c1-20-9-8-17-14(20)12(11-6-4-3-5-7-11)19-24(22,23)15-13(16)21(2)10-18-15/h3-10,12,19H,1-2H3. The molecule has 126 valence electrons. The van der Waals surface area contributed by atoms with Gasteiger partial charge >= 0.3 is 0 Å². The summed E-state index contributed by atoms with van der Waals surface area (Å²) in [6.45, 7) is 0. The second-order valence-corrected chi connectivity index (χ2v) is 7.30. The second kappa shape index (κ2) is 6.39. The Bertz CT molecular complexity index is 949. The average Bonchev–Trinajstić information content (AvgIpc) is 3.13. The lowest BCUT2D eigenvalue weighted by Gasteiger charge is -2.18. The van der Waals surface area contributed by atoms with Crippen LogP contribution in [-0.4, -0.2) is 27.5 Å². The highest BCUT2D eigenvalue weighted by atomic mass is 35.5. The molecule has 0 fully saturated rings. The van der Waals surface area contributed by atoms with E-state index in [1.807, 2.05) is 30.3 Å². The predicted molar refractivity (Wildman–Crippen MR) is 90.0 cm³/mol. The Labute approximate surface area is 145 Å². The Morgan fingerprint density at radius 3 is 2.38 bits per heavy atom. The van der Waals surface area contributed by atoms with Crippen LogP contribution in [0, 0.1) is 0 Å². The fraction of sp³-hybridized carbons (Fsp3) is 0.200. The largest absolute Gasteiger partial charge is 0.336 e. The lowest BCUT2D eigenvalue weighted by molar-refractivity contribution is 0.560. The van der Waals surface area contributed by atoms with E-state index in [-0.39, 0.29) is 10.2 Å². The summed E-state index contributed by atoms with van der Waals surface area (Å²) in [6, 6.07) is 8.56. The van der Waals surface area contributed by atoms with Gasteiger partial charge in [-0.15, -0.1) is 0 Å². The van der Waals surface area contributed by atoms with Crippen LogP contribution in [0.5, 0.6) is 0 Å². The summed E-state index contributed by atoms with van der Waals surface area (Å²) < 4.78 is 31.4. The van der Waals surface area contributed by atoms with E-state index in [0.717, 1.165) is 5.56 Å². The molecule has 9 heteroatoms. The van der Waals surface area contributed by atoms with Gasteiger partial charge in [-0.25, -0.2) is 18.4 Å². The maximum Gasteiger partial charge on any atom is 0.262 e. The number of aryl methyl sites for hydroxylation is 2. The number of sulfonamides is 1. The van der Waals surface area contributed by atoms with E-state index in [2.05, 4.69) is 14.7 Å². The van der Waals surface area contributed by atoms with Crippen LogP contribution in [0.4, 0.5) is 0 Å². The zero-order valence-corrected chi connectivity index (χ0v) is 14.7. The van der Waals surface area contributed by atoms with Gasteiger partial charge in [0.15, 0.2) is 0 Å². The van der Waals surface area contributed by atoms with Crippen LogP contribution in [0.1, 0.15) is 17.4 Å². The smallest absolute Gasteiger partial charge is 0.262 e. The highest BCUT2D eigenvalue weighted by molar-refractivity contribution is 7.89. The second-order valence-electron chi connectivity index (χ2n) is 5.31. The number of benzene rings is 1. The van der Waals surface area contributed by atoms with Gasteiger partial charge in [0.1, 0.15) is 17.0 Å². The molecule has 0 spiro atoms. The van der Waals surface area contributed by atoms with Crippen molar-refractivity contribution in [1.82, 2.24) is 23.8 Å². The molecule has 2 heterocycles. The van der Waals surface area contributed by atoms with Gasteiger partial charge in [0.25, 0.3) is 10.0 Å². The zero-order valence-electron chi connectivity index (χ0n) is 13.1. The molecule has 1 aromatic carbocycles. The van der Waals surface area contributed by atoms with Crippen LogP contribution in [0.25, 0.3) is 0 Å². The number of nitrogens with zero attached hydrogens (tertiary/aromatic N) is 4. The molecule has 0 bridgehead atoms. The molecule has 2 aromatic heterocycles. The van der Waals surface area contributed by atoms with Crippen molar-refractivity contribution in [2.45, 2.75) is 11.1 Å². The van der Waals surface area contributed by atoms with Gasteiger partial charge in [-0.2, -0.15) is 4.72 Å². The minimum atomic E-state index is -3.93. The average molecular weight is 366 g/mol. The van der Waals surface area contributed by atoms with Crippen molar-refractivity contribution in [3.63, 3.8) is 0 Å². The first-order chi connectivity index (χ1) is 11.4. The number of hydrogen-bond acceptors (Lipinski definition) is 4. The molecule has 3 rings (SSSR count). The topological polar surface area (TPSA) is 81.8 Å². The van der Waals surface area contributed by atoms with E-state index in [0.29, 0.717) is 5.82 Å². The third-order valence-electron chi connectivity index (χ3n) is 3.61. The van der Waals surface area contributed by atoms with E-state index in [9.17, 15) is 8.42 Å². The Kier molecular flexibility index (Phi) is 4.44. The van der Waals surface area contributed by atoms with Gasteiger partial charge in [-0.05, 0) is 5.56 Å². The number of nitrogens with one attached hydrogen (secondary N) is 1. The van der Waals surface area contributed by atoms with Gasteiger partial charge in [-0.1, -0.05) is 41.9 Å². The first-order valence-corrected chi connectivity index (χ1v) is 8.97. The maximum atomic E-state index is 12.7. The Hall–Kier alpha value is -2.16. The quantitative estimate of drug-likeness (QED) is 0.748. The van der Waals surface area contributed by atoms with E-state index in [4.69, 9.17) is 11.6 Å². The molecule has 0 aliphatic heterocycles. The molecule has 24 heavy (non-hydrogen) atoms. The molecule has 0 radical (unpaired) electrons. The van der Waals surface area contributed by atoms with Crippen molar-refractivity contribution < 1.29 is 8.42 Å². The van der Waals surface area contributed by atoms with Crippen LogP contribution >= 0.6 is 11.6 Å². The third-order valence-corrected chi connectivity index (χ3v) is 5.52. The Morgan fingerprint density at radius 2 is 1.83 bits per heavy atom. The summed E-state index contributed by atoms with van der Waals surface area (Å²) >= 11 is 6.04.